The van der Waals surface area contributed by atoms with E-state index in [0.29, 0.717) is 6.54 Å². The average Bonchev–Trinajstić information content (AvgIpc) is 2.61. The van der Waals surface area contributed by atoms with Crippen LogP contribution < -0.4 is 11.1 Å². The monoisotopic (exact) mass is 196 g/mol. The lowest BCUT2D eigenvalue weighted by molar-refractivity contribution is 0.345. The SMILES string of the molecule is CCC(C)(CN)CNc1ccnn1C. The first-order valence-electron chi connectivity index (χ1n) is 5.03. The third-order valence-electron chi connectivity index (χ3n) is 2.86. The van der Waals surface area contributed by atoms with Crippen molar-refractivity contribution >= 4 is 5.82 Å². The molecule has 1 unspecified atom stereocenters. The van der Waals surface area contributed by atoms with Gasteiger partial charge in [0, 0.05) is 19.7 Å². The van der Waals surface area contributed by atoms with E-state index in [0.717, 1.165) is 18.8 Å². The molecule has 80 valence electrons. The Morgan fingerprint density at radius 1 is 1.64 bits per heavy atom. The molecule has 0 amide bonds. The molecule has 3 N–H and O–H groups in total. The summed E-state index contributed by atoms with van der Waals surface area (Å²) < 4.78 is 1.83. The van der Waals surface area contributed by atoms with Crippen LogP contribution >= 0.6 is 0 Å². The largest absolute Gasteiger partial charge is 0.370 e. The molecule has 1 aromatic heterocycles. The zero-order valence-corrected chi connectivity index (χ0v) is 9.25. The number of aryl methyl sites for hydroxylation is 1. The summed E-state index contributed by atoms with van der Waals surface area (Å²) >= 11 is 0. The zero-order valence-electron chi connectivity index (χ0n) is 9.25. The quantitative estimate of drug-likeness (QED) is 0.744. The topological polar surface area (TPSA) is 55.9 Å². The molecule has 0 spiro atoms. The molecule has 0 aliphatic heterocycles. The highest BCUT2D eigenvalue weighted by Gasteiger charge is 2.19. The lowest BCUT2D eigenvalue weighted by atomic mass is 9.88. The molecule has 1 rings (SSSR count). The van der Waals surface area contributed by atoms with Crippen LogP contribution in [-0.2, 0) is 7.05 Å². The Hall–Kier alpha value is -1.03. The average molecular weight is 196 g/mol. The predicted molar refractivity (Wildman–Crippen MR) is 59.2 cm³/mol. The predicted octanol–water partition coefficient (Wildman–Crippen LogP) is 1.21. The lowest BCUT2D eigenvalue weighted by Crippen LogP contribution is -2.34. The van der Waals surface area contributed by atoms with E-state index in [1.165, 1.54) is 0 Å². The van der Waals surface area contributed by atoms with Crippen molar-refractivity contribution in [2.75, 3.05) is 18.4 Å². The number of nitrogens with zero attached hydrogens (tertiary/aromatic N) is 2. The van der Waals surface area contributed by atoms with Gasteiger partial charge in [-0.2, -0.15) is 5.10 Å². The molecule has 0 saturated heterocycles. The molecule has 0 aliphatic rings. The van der Waals surface area contributed by atoms with Crippen LogP contribution in [0.1, 0.15) is 20.3 Å². The fraction of sp³-hybridized carbons (Fsp3) is 0.700. The van der Waals surface area contributed by atoms with Crippen molar-refractivity contribution < 1.29 is 0 Å². The zero-order chi connectivity index (χ0) is 10.6. The highest BCUT2D eigenvalue weighted by atomic mass is 15.3. The molecule has 0 aromatic carbocycles. The van der Waals surface area contributed by atoms with E-state index in [2.05, 4.69) is 24.3 Å². The van der Waals surface area contributed by atoms with Gasteiger partial charge < -0.3 is 11.1 Å². The number of hydrogen-bond donors (Lipinski definition) is 2. The van der Waals surface area contributed by atoms with E-state index in [1.54, 1.807) is 6.20 Å². The van der Waals surface area contributed by atoms with E-state index >= 15 is 0 Å². The second kappa shape index (κ2) is 4.46. The minimum Gasteiger partial charge on any atom is -0.370 e. The molecule has 4 heteroatoms. The third-order valence-corrected chi connectivity index (χ3v) is 2.86. The van der Waals surface area contributed by atoms with Crippen LogP contribution in [0.3, 0.4) is 0 Å². The summed E-state index contributed by atoms with van der Waals surface area (Å²) in [5, 5.41) is 7.45. The molecular formula is C10H20N4. The van der Waals surface area contributed by atoms with Crippen molar-refractivity contribution in [2.24, 2.45) is 18.2 Å². The molecule has 1 aromatic rings. The number of anilines is 1. The normalized spacial score (nSPS) is 15.1. The summed E-state index contributed by atoms with van der Waals surface area (Å²) in [5.41, 5.74) is 5.90. The summed E-state index contributed by atoms with van der Waals surface area (Å²) in [6, 6.07) is 1.96. The van der Waals surface area contributed by atoms with Crippen molar-refractivity contribution in [3.63, 3.8) is 0 Å². The van der Waals surface area contributed by atoms with Crippen LogP contribution in [0.25, 0.3) is 0 Å². The number of rotatable bonds is 5. The Morgan fingerprint density at radius 2 is 2.36 bits per heavy atom. The summed E-state index contributed by atoms with van der Waals surface area (Å²) in [7, 11) is 1.92. The molecular weight excluding hydrogens is 176 g/mol. The molecule has 1 atom stereocenters. The highest BCUT2D eigenvalue weighted by molar-refractivity contribution is 5.33. The van der Waals surface area contributed by atoms with Crippen molar-refractivity contribution in [1.82, 2.24) is 9.78 Å². The van der Waals surface area contributed by atoms with Gasteiger partial charge in [-0.25, -0.2) is 0 Å². The Kier molecular flexibility index (Phi) is 3.52. The first kappa shape index (κ1) is 11.0. The number of aromatic nitrogens is 2. The molecule has 0 bridgehead atoms. The Labute approximate surface area is 85.5 Å². The van der Waals surface area contributed by atoms with Gasteiger partial charge in [-0.1, -0.05) is 13.8 Å². The number of hydrogen-bond acceptors (Lipinski definition) is 3. The van der Waals surface area contributed by atoms with E-state index in [1.807, 2.05) is 17.8 Å². The van der Waals surface area contributed by atoms with E-state index in [-0.39, 0.29) is 5.41 Å². The molecule has 0 radical (unpaired) electrons. The van der Waals surface area contributed by atoms with Crippen molar-refractivity contribution in [3.8, 4) is 0 Å². The van der Waals surface area contributed by atoms with Gasteiger partial charge in [-0.3, -0.25) is 4.68 Å². The summed E-state index contributed by atoms with van der Waals surface area (Å²) in [6.07, 6.45) is 2.86. The maximum absolute atomic E-state index is 5.73. The van der Waals surface area contributed by atoms with Crippen LogP contribution in [0.15, 0.2) is 12.3 Å². The molecule has 4 nitrogen and oxygen atoms in total. The highest BCUT2D eigenvalue weighted by Crippen LogP contribution is 2.19. The first-order chi connectivity index (χ1) is 6.61. The van der Waals surface area contributed by atoms with Crippen LogP contribution in [0.5, 0.6) is 0 Å². The van der Waals surface area contributed by atoms with Gasteiger partial charge in [0.1, 0.15) is 5.82 Å². The first-order valence-corrected chi connectivity index (χ1v) is 5.03. The van der Waals surface area contributed by atoms with Crippen LogP contribution in [0.2, 0.25) is 0 Å². The van der Waals surface area contributed by atoms with Crippen molar-refractivity contribution in [3.05, 3.63) is 12.3 Å². The van der Waals surface area contributed by atoms with Crippen molar-refractivity contribution in [2.45, 2.75) is 20.3 Å². The van der Waals surface area contributed by atoms with Gasteiger partial charge in [0.05, 0.1) is 6.20 Å². The van der Waals surface area contributed by atoms with Crippen LogP contribution in [0.4, 0.5) is 5.82 Å². The van der Waals surface area contributed by atoms with Gasteiger partial charge in [-0.05, 0) is 18.4 Å². The maximum Gasteiger partial charge on any atom is 0.123 e. The minimum absolute atomic E-state index is 0.171. The summed E-state index contributed by atoms with van der Waals surface area (Å²) in [6.45, 7) is 5.95. The van der Waals surface area contributed by atoms with Crippen LogP contribution in [-0.4, -0.2) is 22.9 Å². The van der Waals surface area contributed by atoms with Crippen molar-refractivity contribution in [1.29, 1.82) is 0 Å². The Morgan fingerprint density at radius 3 is 2.79 bits per heavy atom. The maximum atomic E-state index is 5.73. The van der Waals surface area contributed by atoms with E-state index < -0.39 is 0 Å². The Balaban J connectivity index is 2.52. The smallest absolute Gasteiger partial charge is 0.123 e. The van der Waals surface area contributed by atoms with Gasteiger partial charge in [0.15, 0.2) is 0 Å². The molecule has 1 heterocycles. The van der Waals surface area contributed by atoms with Gasteiger partial charge >= 0.3 is 0 Å². The standard InChI is InChI=1S/C10H20N4/c1-4-10(2,7-11)8-12-9-5-6-13-14(9)3/h5-6,12H,4,7-8,11H2,1-3H3. The lowest BCUT2D eigenvalue weighted by Gasteiger charge is -2.26. The number of nitrogens with one attached hydrogen (secondary N) is 1. The molecule has 14 heavy (non-hydrogen) atoms. The van der Waals surface area contributed by atoms with E-state index in [9.17, 15) is 0 Å². The van der Waals surface area contributed by atoms with Crippen LogP contribution in [0, 0.1) is 5.41 Å². The minimum atomic E-state index is 0.171. The Bertz CT molecular complexity index is 275. The molecule has 0 aliphatic carbocycles. The van der Waals surface area contributed by atoms with Gasteiger partial charge in [0.25, 0.3) is 0 Å². The third kappa shape index (κ3) is 2.48. The van der Waals surface area contributed by atoms with Gasteiger partial charge in [-0.15, -0.1) is 0 Å². The second-order valence-electron chi connectivity index (χ2n) is 4.06. The summed E-state index contributed by atoms with van der Waals surface area (Å²) in [5.74, 6) is 1.04. The van der Waals surface area contributed by atoms with E-state index in [4.69, 9.17) is 5.73 Å². The molecule has 0 fully saturated rings. The molecule has 0 saturated carbocycles. The second-order valence-corrected chi connectivity index (χ2v) is 4.06. The number of nitrogens with two attached hydrogens (primary N) is 1. The fourth-order valence-corrected chi connectivity index (χ4v) is 1.19. The fourth-order valence-electron chi connectivity index (χ4n) is 1.19. The van der Waals surface area contributed by atoms with Gasteiger partial charge in [0.2, 0.25) is 0 Å². The summed E-state index contributed by atoms with van der Waals surface area (Å²) in [4.78, 5) is 0.